The summed E-state index contributed by atoms with van der Waals surface area (Å²) in [5, 5.41) is 9.57. The van der Waals surface area contributed by atoms with Crippen LogP contribution in [-0.4, -0.2) is 11.2 Å². The van der Waals surface area contributed by atoms with Crippen LogP contribution in [0.1, 0.15) is 25.3 Å². The zero-order valence-corrected chi connectivity index (χ0v) is 8.33. The zero-order chi connectivity index (χ0) is 10.2. The molecular formula is C12H15FO. The van der Waals surface area contributed by atoms with Crippen LogP contribution in [0.3, 0.4) is 0 Å². The van der Waals surface area contributed by atoms with Gasteiger partial charge in [0.2, 0.25) is 0 Å². The van der Waals surface area contributed by atoms with Gasteiger partial charge in [-0.1, -0.05) is 18.2 Å². The summed E-state index contributed by atoms with van der Waals surface area (Å²) in [5.41, 5.74) is 0.688. The molecule has 0 bridgehead atoms. The molecule has 2 heteroatoms. The van der Waals surface area contributed by atoms with Crippen molar-refractivity contribution < 1.29 is 9.50 Å². The quantitative estimate of drug-likeness (QED) is 0.784. The molecule has 1 unspecified atom stereocenters. The van der Waals surface area contributed by atoms with Crippen molar-refractivity contribution >= 4 is 0 Å². The van der Waals surface area contributed by atoms with Crippen LogP contribution in [0.15, 0.2) is 24.3 Å². The van der Waals surface area contributed by atoms with Gasteiger partial charge in [0.1, 0.15) is 5.82 Å². The van der Waals surface area contributed by atoms with E-state index in [-0.39, 0.29) is 17.3 Å². The SMILES string of the molecule is CC(O)C1(Cc2ccccc2F)CC1. The normalized spacial score (nSPS) is 20.5. The second-order valence-corrected chi connectivity index (χ2v) is 4.31. The van der Waals surface area contributed by atoms with Gasteiger partial charge in [-0.15, -0.1) is 0 Å². The van der Waals surface area contributed by atoms with Gasteiger partial charge in [0, 0.05) is 5.41 Å². The lowest BCUT2D eigenvalue weighted by molar-refractivity contribution is 0.110. The van der Waals surface area contributed by atoms with Crippen molar-refractivity contribution in [2.75, 3.05) is 0 Å². The van der Waals surface area contributed by atoms with Crippen molar-refractivity contribution in [1.29, 1.82) is 0 Å². The van der Waals surface area contributed by atoms with Crippen LogP contribution < -0.4 is 0 Å². The van der Waals surface area contributed by atoms with Gasteiger partial charge in [-0.25, -0.2) is 4.39 Å². The van der Waals surface area contributed by atoms with E-state index in [0.717, 1.165) is 18.4 Å². The summed E-state index contributed by atoms with van der Waals surface area (Å²) < 4.78 is 13.3. The third kappa shape index (κ3) is 1.67. The highest BCUT2D eigenvalue weighted by Gasteiger charge is 2.46. The molecule has 76 valence electrons. The van der Waals surface area contributed by atoms with E-state index in [0.29, 0.717) is 6.42 Å². The van der Waals surface area contributed by atoms with E-state index in [9.17, 15) is 9.50 Å². The summed E-state index contributed by atoms with van der Waals surface area (Å²) in [5.74, 6) is -0.153. The largest absolute Gasteiger partial charge is 0.393 e. The third-order valence-corrected chi connectivity index (χ3v) is 3.28. The first kappa shape index (κ1) is 9.66. The molecule has 1 aromatic carbocycles. The van der Waals surface area contributed by atoms with Gasteiger partial charge in [-0.2, -0.15) is 0 Å². The molecule has 1 N–H and O–H groups in total. The van der Waals surface area contributed by atoms with Crippen LogP contribution in [0.4, 0.5) is 4.39 Å². The van der Waals surface area contributed by atoms with Gasteiger partial charge in [0.15, 0.2) is 0 Å². The number of hydrogen-bond acceptors (Lipinski definition) is 1. The van der Waals surface area contributed by atoms with Crippen molar-refractivity contribution in [3.05, 3.63) is 35.6 Å². The minimum absolute atomic E-state index is 0.0395. The van der Waals surface area contributed by atoms with E-state index in [1.54, 1.807) is 19.1 Å². The molecule has 0 aromatic heterocycles. The number of aliphatic hydroxyl groups is 1. The second kappa shape index (κ2) is 3.35. The Morgan fingerprint density at radius 2 is 2.07 bits per heavy atom. The van der Waals surface area contributed by atoms with Crippen LogP contribution in [-0.2, 0) is 6.42 Å². The van der Waals surface area contributed by atoms with Crippen LogP contribution in [0.2, 0.25) is 0 Å². The predicted octanol–water partition coefficient (Wildman–Crippen LogP) is 2.53. The Labute approximate surface area is 83.6 Å². The zero-order valence-electron chi connectivity index (χ0n) is 8.33. The van der Waals surface area contributed by atoms with Crippen molar-refractivity contribution in [1.82, 2.24) is 0 Å². The number of aliphatic hydroxyl groups excluding tert-OH is 1. The Bertz CT molecular complexity index is 329. The van der Waals surface area contributed by atoms with E-state index in [1.165, 1.54) is 6.07 Å². The first-order chi connectivity index (χ1) is 6.64. The Morgan fingerprint density at radius 3 is 2.57 bits per heavy atom. The lowest BCUT2D eigenvalue weighted by Gasteiger charge is -2.18. The predicted molar refractivity (Wildman–Crippen MR) is 53.5 cm³/mol. The first-order valence-corrected chi connectivity index (χ1v) is 5.05. The second-order valence-electron chi connectivity index (χ2n) is 4.31. The van der Waals surface area contributed by atoms with E-state index in [4.69, 9.17) is 0 Å². The number of halogens is 1. The highest BCUT2D eigenvalue weighted by atomic mass is 19.1. The maximum Gasteiger partial charge on any atom is 0.126 e. The van der Waals surface area contributed by atoms with Crippen molar-refractivity contribution in [2.45, 2.75) is 32.3 Å². The molecule has 0 spiro atoms. The topological polar surface area (TPSA) is 20.2 Å². The Balaban J connectivity index is 2.15. The summed E-state index contributed by atoms with van der Waals surface area (Å²) in [6.45, 7) is 1.80. The fourth-order valence-corrected chi connectivity index (χ4v) is 1.92. The van der Waals surface area contributed by atoms with Crippen molar-refractivity contribution in [2.24, 2.45) is 5.41 Å². The fraction of sp³-hybridized carbons (Fsp3) is 0.500. The number of benzene rings is 1. The van der Waals surface area contributed by atoms with E-state index in [1.807, 2.05) is 6.07 Å². The molecule has 2 rings (SSSR count). The Morgan fingerprint density at radius 1 is 1.43 bits per heavy atom. The fourth-order valence-electron chi connectivity index (χ4n) is 1.92. The van der Waals surface area contributed by atoms with Gasteiger partial charge in [-0.05, 0) is 37.8 Å². The lowest BCUT2D eigenvalue weighted by atomic mass is 9.91. The van der Waals surface area contributed by atoms with Gasteiger partial charge in [0.25, 0.3) is 0 Å². The van der Waals surface area contributed by atoms with Gasteiger partial charge in [0.05, 0.1) is 6.10 Å². The molecule has 0 amide bonds. The molecule has 0 saturated heterocycles. The molecule has 0 heterocycles. The van der Waals surface area contributed by atoms with Crippen molar-refractivity contribution in [3.63, 3.8) is 0 Å². The monoisotopic (exact) mass is 194 g/mol. The average molecular weight is 194 g/mol. The van der Waals surface area contributed by atoms with E-state index >= 15 is 0 Å². The molecule has 0 aliphatic heterocycles. The lowest BCUT2D eigenvalue weighted by Crippen LogP contribution is -2.21. The van der Waals surface area contributed by atoms with Crippen LogP contribution in [0.5, 0.6) is 0 Å². The molecule has 1 saturated carbocycles. The molecule has 0 radical (unpaired) electrons. The van der Waals surface area contributed by atoms with Crippen LogP contribution in [0.25, 0.3) is 0 Å². The highest BCUT2D eigenvalue weighted by Crippen LogP contribution is 2.51. The Kier molecular flexibility index (Phi) is 2.31. The molecule has 14 heavy (non-hydrogen) atoms. The molecule has 1 nitrogen and oxygen atoms in total. The standard InChI is InChI=1S/C12H15FO/c1-9(14)12(6-7-12)8-10-4-2-3-5-11(10)13/h2-5,9,14H,6-8H2,1H3. The van der Waals surface area contributed by atoms with Crippen molar-refractivity contribution in [3.8, 4) is 0 Å². The number of hydrogen-bond donors (Lipinski definition) is 1. The van der Waals surface area contributed by atoms with E-state index in [2.05, 4.69) is 0 Å². The molecule has 1 aliphatic carbocycles. The maximum atomic E-state index is 13.3. The van der Waals surface area contributed by atoms with Gasteiger partial charge >= 0.3 is 0 Å². The molecule has 1 atom stereocenters. The minimum Gasteiger partial charge on any atom is -0.393 e. The van der Waals surface area contributed by atoms with E-state index < -0.39 is 0 Å². The summed E-state index contributed by atoms with van der Waals surface area (Å²) >= 11 is 0. The summed E-state index contributed by atoms with van der Waals surface area (Å²) in [6.07, 6.45) is 2.36. The smallest absolute Gasteiger partial charge is 0.126 e. The molecular weight excluding hydrogens is 179 g/mol. The van der Waals surface area contributed by atoms with Crippen LogP contribution in [0, 0.1) is 11.2 Å². The average Bonchev–Trinajstić information content (AvgIpc) is 2.90. The maximum absolute atomic E-state index is 13.3. The van der Waals surface area contributed by atoms with Gasteiger partial charge < -0.3 is 5.11 Å². The highest BCUT2D eigenvalue weighted by molar-refractivity contribution is 5.21. The number of rotatable bonds is 3. The summed E-state index contributed by atoms with van der Waals surface area (Å²) in [6, 6.07) is 6.82. The first-order valence-electron chi connectivity index (χ1n) is 5.05. The Hall–Kier alpha value is -0.890. The molecule has 1 aromatic rings. The molecule has 1 fully saturated rings. The van der Waals surface area contributed by atoms with Gasteiger partial charge in [-0.3, -0.25) is 0 Å². The molecule has 1 aliphatic rings. The minimum atomic E-state index is -0.331. The van der Waals surface area contributed by atoms with Crippen LogP contribution >= 0.6 is 0 Å². The summed E-state index contributed by atoms with van der Waals surface area (Å²) in [7, 11) is 0. The third-order valence-electron chi connectivity index (χ3n) is 3.28. The summed E-state index contributed by atoms with van der Waals surface area (Å²) in [4.78, 5) is 0.